The van der Waals surface area contributed by atoms with Crippen molar-refractivity contribution in [2.45, 2.75) is 86.0 Å². The first-order valence-corrected chi connectivity index (χ1v) is 12.2. The van der Waals surface area contributed by atoms with Gasteiger partial charge in [0.2, 0.25) is 0 Å². The first kappa shape index (κ1) is 27.8. The monoisotopic (exact) mass is 509 g/mol. The second-order valence-electron chi connectivity index (χ2n) is 11.1. The molecule has 0 bridgehead atoms. The predicted octanol–water partition coefficient (Wildman–Crippen LogP) is 5.88. The van der Waals surface area contributed by atoms with Crippen molar-refractivity contribution in [1.82, 2.24) is 19.7 Å². The number of hydrogen-bond donors (Lipinski definition) is 0. The molecule has 2 amide bonds. The number of aromatic nitrogens is 4. The molecule has 10 heteroatoms. The Balaban J connectivity index is 2.25. The van der Waals surface area contributed by atoms with E-state index in [2.05, 4.69) is 9.97 Å². The van der Waals surface area contributed by atoms with Crippen molar-refractivity contribution in [2.75, 3.05) is 4.90 Å². The Kier molecular flexibility index (Phi) is 7.71. The van der Waals surface area contributed by atoms with Gasteiger partial charge >= 0.3 is 12.2 Å². The molecule has 3 aromatic rings. The minimum Gasteiger partial charge on any atom is -0.443 e. The number of Topliss-reactive ketones (excluding diaryl/α,β-unsaturated/α-hetero) is 1. The molecular formula is C27H35N5O5. The number of ether oxygens (including phenoxy) is 2. The lowest BCUT2D eigenvalue weighted by Crippen LogP contribution is -2.44. The van der Waals surface area contributed by atoms with Gasteiger partial charge in [-0.25, -0.2) is 24.2 Å². The standard InChI is InChI=1S/C27H35N5O5/c1-16(2)32-23-21(20(30-32)14-18-11-10-12-19(13-18)17(3)33)22(28-15-29-23)31(24(34)36-26(4,5)6)25(35)37-27(7,8)9/h10-13,15-16H,14H2,1-9H3. The van der Waals surface area contributed by atoms with Gasteiger partial charge in [0, 0.05) is 18.0 Å². The van der Waals surface area contributed by atoms with Crippen molar-refractivity contribution < 1.29 is 23.9 Å². The zero-order valence-corrected chi connectivity index (χ0v) is 22.9. The third kappa shape index (κ3) is 6.69. The van der Waals surface area contributed by atoms with Crippen LogP contribution in [0.4, 0.5) is 15.4 Å². The molecule has 0 saturated carbocycles. The smallest absolute Gasteiger partial charge is 0.425 e. The maximum absolute atomic E-state index is 13.3. The van der Waals surface area contributed by atoms with Crippen molar-refractivity contribution in [3.8, 4) is 0 Å². The number of hydrogen-bond acceptors (Lipinski definition) is 8. The number of ketones is 1. The van der Waals surface area contributed by atoms with Gasteiger partial charge < -0.3 is 9.47 Å². The lowest BCUT2D eigenvalue weighted by Gasteiger charge is -2.28. The Morgan fingerprint density at radius 1 is 0.973 bits per heavy atom. The van der Waals surface area contributed by atoms with E-state index in [1.54, 1.807) is 64.4 Å². The minimum atomic E-state index is -0.927. The van der Waals surface area contributed by atoms with E-state index in [1.807, 2.05) is 19.9 Å². The number of anilines is 1. The highest BCUT2D eigenvalue weighted by molar-refractivity contribution is 6.13. The van der Waals surface area contributed by atoms with Crippen LogP contribution in [0.1, 0.15) is 90.0 Å². The summed E-state index contributed by atoms with van der Waals surface area (Å²) in [6.07, 6.45) is -0.263. The Bertz CT molecular complexity index is 1300. The molecule has 0 N–H and O–H groups in total. The van der Waals surface area contributed by atoms with Gasteiger partial charge in [0.05, 0.1) is 11.1 Å². The Labute approximate surface area is 217 Å². The topological polar surface area (TPSA) is 117 Å². The van der Waals surface area contributed by atoms with Crippen LogP contribution < -0.4 is 4.90 Å². The van der Waals surface area contributed by atoms with E-state index >= 15 is 0 Å². The molecule has 0 aliphatic carbocycles. The Hall–Kier alpha value is -3.82. The van der Waals surface area contributed by atoms with E-state index in [4.69, 9.17) is 14.6 Å². The average Bonchev–Trinajstić information content (AvgIpc) is 3.11. The number of benzene rings is 1. The summed E-state index contributed by atoms with van der Waals surface area (Å²) in [6.45, 7) is 15.6. The van der Waals surface area contributed by atoms with Crippen LogP contribution in [0.3, 0.4) is 0 Å². The molecule has 0 unspecified atom stereocenters. The molecule has 198 valence electrons. The first-order chi connectivity index (χ1) is 17.1. The summed E-state index contributed by atoms with van der Waals surface area (Å²) in [7, 11) is 0. The molecule has 0 atom stereocenters. The lowest BCUT2D eigenvalue weighted by atomic mass is 10.0. The molecule has 10 nitrogen and oxygen atoms in total. The van der Waals surface area contributed by atoms with E-state index in [0.29, 0.717) is 28.7 Å². The maximum Gasteiger partial charge on any atom is 0.425 e. The van der Waals surface area contributed by atoms with Gasteiger partial charge in [0.25, 0.3) is 0 Å². The number of rotatable bonds is 5. The Morgan fingerprint density at radius 2 is 1.57 bits per heavy atom. The number of fused-ring (bicyclic) bond motifs is 1. The quantitative estimate of drug-likeness (QED) is 0.392. The predicted molar refractivity (Wildman–Crippen MR) is 140 cm³/mol. The second kappa shape index (κ2) is 10.3. The van der Waals surface area contributed by atoms with E-state index in [-0.39, 0.29) is 17.6 Å². The van der Waals surface area contributed by atoms with Gasteiger partial charge in [0.1, 0.15) is 17.5 Å². The van der Waals surface area contributed by atoms with E-state index < -0.39 is 23.4 Å². The highest BCUT2D eigenvalue weighted by atomic mass is 16.6. The molecule has 0 fully saturated rings. The van der Waals surface area contributed by atoms with Gasteiger partial charge in [-0.1, -0.05) is 18.2 Å². The maximum atomic E-state index is 13.3. The van der Waals surface area contributed by atoms with Gasteiger partial charge in [-0.2, -0.15) is 10.00 Å². The fourth-order valence-electron chi connectivity index (χ4n) is 3.64. The fourth-order valence-corrected chi connectivity index (χ4v) is 3.64. The molecule has 37 heavy (non-hydrogen) atoms. The van der Waals surface area contributed by atoms with Gasteiger partial charge in [-0.15, -0.1) is 0 Å². The zero-order valence-electron chi connectivity index (χ0n) is 22.9. The molecule has 0 radical (unpaired) electrons. The van der Waals surface area contributed by atoms with Crippen LogP contribution in [-0.2, 0) is 15.9 Å². The molecule has 0 saturated heterocycles. The van der Waals surface area contributed by atoms with Gasteiger partial charge in [0.15, 0.2) is 17.2 Å². The van der Waals surface area contributed by atoms with Crippen molar-refractivity contribution in [3.05, 3.63) is 47.4 Å². The largest absolute Gasteiger partial charge is 0.443 e. The van der Waals surface area contributed by atoms with Crippen LogP contribution in [0.2, 0.25) is 0 Å². The highest BCUT2D eigenvalue weighted by Crippen LogP contribution is 2.32. The fraction of sp³-hybridized carbons (Fsp3) is 0.481. The molecule has 1 aromatic carbocycles. The molecular weight excluding hydrogens is 474 g/mol. The van der Waals surface area contributed by atoms with Crippen LogP contribution in [0.5, 0.6) is 0 Å². The van der Waals surface area contributed by atoms with E-state index in [9.17, 15) is 14.4 Å². The van der Waals surface area contributed by atoms with Crippen molar-refractivity contribution in [3.63, 3.8) is 0 Å². The van der Waals surface area contributed by atoms with Crippen LogP contribution in [0.25, 0.3) is 11.0 Å². The summed E-state index contributed by atoms with van der Waals surface area (Å²) in [5.74, 6) is -0.0393. The summed E-state index contributed by atoms with van der Waals surface area (Å²) in [5.41, 5.74) is 0.653. The third-order valence-corrected chi connectivity index (χ3v) is 5.10. The molecule has 0 aliphatic heterocycles. The lowest BCUT2D eigenvalue weighted by molar-refractivity contribution is 0.0429. The van der Waals surface area contributed by atoms with E-state index in [1.165, 1.54) is 13.3 Å². The molecule has 0 spiro atoms. The number of nitrogens with zero attached hydrogens (tertiary/aromatic N) is 5. The van der Waals surface area contributed by atoms with Gasteiger partial charge in [-0.05, 0) is 73.9 Å². The highest BCUT2D eigenvalue weighted by Gasteiger charge is 2.36. The van der Waals surface area contributed by atoms with Gasteiger partial charge in [-0.3, -0.25) is 4.79 Å². The van der Waals surface area contributed by atoms with Crippen LogP contribution in [-0.4, -0.2) is 48.9 Å². The van der Waals surface area contributed by atoms with Crippen LogP contribution >= 0.6 is 0 Å². The van der Waals surface area contributed by atoms with Crippen molar-refractivity contribution >= 4 is 34.8 Å². The SMILES string of the molecule is CC(=O)c1cccc(Cc2nn(C(C)C)c3ncnc(N(C(=O)OC(C)(C)C)C(=O)OC(C)(C)C)c23)c1. The summed E-state index contributed by atoms with van der Waals surface area (Å²) >= 11 is 0. The number of carbonyl (C=O) groups excluding carboxylic acids is 3. The van der Waals surface area contributed by atoms with Crippen LogP contribution in [0, 0.1) is 0 Å². The Morgan fingerprint density at radius 3 is 2.08 bits per heavy atom. The molecule has 2 aromatic heterocycles. The molecule has 3 rings (SSSR count). The average molecular weight is 510 g/mol. The summed E-state index contributed by atoms with van der Waals surface area (Å²) in [6, 6.07) is 7.16. The first-order valence-electron chi connectivity index (χ1n) is 12.2. The normalized spacial score (nSPS) is 12.1. The molecule has 2 heterocycles. The summed E-state index contributed by atoms with van der Waals surface area (Å²) < 4.78 is 12.8. The second-order valence-corrected chi connectivity index (χ2v) is 11.1. The zero-order chi connectivity index (χ0) is 27.7. The summed E-state index contributed by atoms with van der Waals surface area (Å²) in [5, 5.41) is 5.19. The summed E-state index contributed by atoms with van der Waals surface area (Å²) in [4.78, 5) is 48.2. The number of amides is 2. The third-order valence-electron chi connectivity index (χ3n) is 5.10. The van der Waals surface area contributed by atoms with Crippen LogP contribution in [0.15, 0.2) is 30.6 Å². The van der Waals surface area contributed by atoms with Crippen molar-refractivity contribution in [2.24, 2.45) is 0 Å². The van der Waals surface area contributed by atoms with Crippen molar-refractivity contribution in [1.29, 1.82) is 0 Å². The minimum absolute atomic E-state index is 0.0122. The number of imide groups is 1. The molecule has 0 aliphatic rings. The number of carbonyl (C=O) groups is 3. The van der Waals surface area contributed by atoms with E-state index in [0.717, 1.165) is 10.5 Å².